The van der Waals surface area contributed by atoms with Crippen LogP contribution < -0.4 is 11.2 Å². The van der Waals surface area contributed by atoms with Crippen LogP contribution in [0.5, 0.6) is 0 Å². The Bertz CT molecular complexity index is 929. The highest BCUT2D eigenvalue weighted by Gasteiger charge is 2.29. The third kappa shape index (κ3) is 2.65. The number of hydrogen-bond acceptors (Lipinski definition) is 6. The standard InChI is InChI=1S/C14H16N4O4S/c1-6(13(20)21)23-11-8-10(15-9(16-11)7-4-5-7)17(2)14(22)18(3)12(8)19/h6-7H,4-5H2,1-3H3,(H,20,21)/t6-/m1/s1. The van der Waals surface area contributed by atoms with Crippen molar-refractivity contribution in [3.05, 3.63) is 26.7 Å². The molecule has 1 aliphatic rings. The van der Waals surface area contributed by atoms with E-state index >= 15 is 0 Å². The van der Waals surface area contributed by atoms with Gasteiger partial charge in [-0.15, -0.1) is 0 Å². The van der Waals surface area contributed by atoms with Crippen LogP contribution in [0.1, 0.15) is 31.5 Å². The van der Waals surface area contributed by atoms with Crippen LogP contribution in [0.4, 0.5) is 0 Å². The summed E-state index contributed by atoms with van der Waals surface area (Å²) in [5, 5.41) is 8.88. The maximum atomic E-state index is 12.5. The number of carboxylic acids is 1. The Kier molecular flexibility index (Phi) is 3.75. The van der Waals surface area contributed by atoms with Crippen molar-refractivity contribution in [1.29, 1.82) is 0 Å². The zero-order valence-electron chi connectivity index (χ0n) is 12.9. The molecule has 1 saturated carbocycles. The number of rotatable bonds is 4. The smallest absolute Gasteiger partial charge is 0.332 e. The summed E-state index contributed by atoms with van der Waals surface area (Å²) in [7, 11) is 2.93. The third-order valence-corrected chi connectivity index (χ3v) is 4.94. The van der Waals surface area contributed by atoms with Gasteiger partial charge in [-0.1, -0.05) is 11.8 Å². The maximum Gasteiger partial charge on any atom is 0.332 e. The molecule has 2 aromatic heterocycles. The van der Waals surface area contributed by atoms with E-state index in [1.807, 2.05) is 0 Å². The van der Waals surface area contributed by atoms with Gasteiger partial charge < -0.3 is 5.11 Å². The monoisotopic (exact) mass is 336 g/mol. The van der Waals surface area contributed by atoms with Gasteiger partial charge in [-0.3, -0.25) is 18.7 Å². The predicted octanol–water partition coefficient (Wildman–Crippen LogP) is 0.470. The SMILES string of the molecule is C[C@@H](Sc1nc(C2CC2)nc2c1c(=O)n(C)c(=O)n2C)C(=O)O. The molecule has 8 nitrogen and oxygen atoms in total. The van der Waals surface area contributed by atoms with Gasteiger partial charge in [0.2, 0.25) is 0 Å². The summed E-state index contributed by atoms with van der Waals surface area (Å²) in [6, 6.07) is 0. The predicted molar refractivity (Wildman–Crippen MR) is 84.9 cm³/mol. The molecule has 1 N–H and O–H groups in total. The van der Waals surface area contributed by atoms with Crippen molar-refractivity contribution in [2.24, 2.45) is 14.1 Å². The molecular weight excluding hydrogens is 320 g/mol. The first kappa shape index (κ1) is 15.7. The van der Waals surface area contributed by atoms with Crippen molar-refractivity contribution in [2.45, 2.75) is 36.0 Å². The van der Waals surface area contributed by atoms with Gasteiger partial charge >= 0.3 is 11.7 Å². The average molecular weight is 336 g/mol. The lowest BCUT2D eigenvalue weighted by atomic mass is 10.3. The van der Waals surface area contributed by atoms with Gasteiger partial charge in [0.15, 0.2) is 5.65 Å². The molecule has 2 aromatic rings. The quantitative estimate of drug-likeness (QED) is 0.639. The molecule has 0 spiro atoms. The first-order valence-corrected chi connectivity index (χ1v) is 8.06. The van der Waals surface area contributed by atoms with E-state index in [0.717, 1.165) is 29.2 Å². The minimum Gasteiger partial charge on any atom is -0.480 e. The topological polar surface area (TPSA) is 107 Å². The second-order valence-electron chi connectivity index (χ2n) is 5.66. The Labute approximate surface area is 135 Å². The van der Waals surface area contributed by atoms with E-state index < -0.39 is 22.5 Å². The molecule has 0 unspecified atom stereocenters. The summed E-state index contributed by atoms with van der Waals surface area (Å²) < 4.78 is 2.29. The zero-order chi connectivity index (χ0) is 16.9. The normalized spacial score (nSPS) is 15.8. The van der Waals surface area contributed by atoms with Gasteiger partial charge in [0.25, 0.3) is 5.56 Å². The van der Waals surface area contributed by atoms with Crippen molar-refractivity contribution in [3.63, 3.8) is 0 Å². The van der Waals surface area contributed by atoms with Gasteiger partial charge in [0, 0.05) is 20.0 Å². The van der Waals surface area contributed by atoms with E-state index in [0.29, 0.717) is 10.9 Å². The van der Waals surface area contributed by atoms with Gasteiger partial charge in [0.1, 0.15) is 21.5 Å². The summed E-state index contributed by atoms with van der Waals surface area (Å²) >= 11 is 0.999. The van der Waals surface area contributed by atoms with Crippen LogP contribution in [0.2, 0.25) is 0 Å². The number of thioether (sulfide) groups is 1. The number of aromatic nitrogens is 4. The van der Waals surface area contributed by atoms with Crippen LogP contribution >= 0.6 is 11.8 Å². The van der Waals surface area contributed by atoms with Gasteiger partial charge in [-0.2, -0.15) is 0 Å². The maximum absolute atomic E-state index is 12.5. The third-order valence-electron chi connectivity index (χ3n) is 3.86. The van der Waals surface area contributed by atoms with Crippen LogP contribution in [-0.2, 0) is 18.9 Å². The van der Waals surface area contributed by atoms with Crippen molar-refractivity contribution in [3.8, 4) is 0 Å². The van der Waals surface area contributed by atoms with Crippen molar-refractivity contribution < 1.29 is 9.90 Å². The lowest BCUT2D eigenvalue weighted by molar-refractivity contribution is -0.136. The van der Waals surface area contributed by atoms with Crippen LogP contribution in [-0.4, -0.2) is 35.4 Å². The summed E-state index contributed by atoms with van der Waals surface area (Å²) in [6.45, 7) is 1.53. The second-order valence-corrected chi connectivity index (χ2v) is 6.99. The van der Waals surface area contributed by atoms with E-state index in [9.17, 15) is 14.4 Å². The fourth-order valence-electron chi connectivity index (χ4n) is 2.27. The highest BCUT2D eigenvalue weighted by molar-refractivity contribution is 8.00. The number of fused-ring (bicyclic) bond motifs is 1. The van der Waals surface area contributed by atoms with Crippen molar-refractivity contribution >= 4 is 28.8 Å². The first-order valence-electron chi connectivity index (χ1n) is 7.18. The zero-order valence-corrected chi connectivity index (χ0v) is 13.8. The number of carboxylic acid groups (broad SMARTS) is 1. The Morgan fingerprint density at radius 3 is 2.48 bits per heavy atom. The molecule has 0 aromatic carbocycles. The fraction of sp³-hybridized carbons (Fsp3) is 0.500. The highest BCUT2D eigenvalue weighted by Crippen LogP contribution is 2.39. The highest BCUT2D eigenvalue weighted by atomic mass is 32.2. The molecule has 0 aliphatic heterocycles. The molecule has 2 heterocycles. The van der Waals surface area contributed by atoms with E-state index in [-0.39, 0.29) is 17.0 Å². The van der Waals surface area contributed by atoms with E-state index in [2.05, 4.69) is 9.97 Å². The molecule has 23 heavy (non-hydrogen) atoms. The molecule has 0 radical (unpaired) electrons. The number of hydrogen-bond donors (Lipinski definition) is 1. The summed E-state index contributed by atoms with van der Waals surface area (Å²) in [6.07, 6.45) is 1.92. The van der Waals surface area contributed by atoms with E-state index in [1.165, 1.54) is 18.5 Å². The van der Waals surface area contributed by atoms with Crippen LogP contribution in [0, 0.1) is 0 Å². The van der Waals surface area contributed by atoms with E-state index in [4.69, 9.17) is 5.11 Å². The molecule has 9 heteroatoms. The van der Waals surface area contributed by atoms with E-state index in [1.54, 1.807) is 7.05 Å². The Balaban J connectivity index is 2.33. The Morgan fingerprint density at radius 1 is 1.26 bits per heavy atom. The lowest BCUT2D eigenvalue weighted by Gasteiger charge is -2.12. The summed E-state index contributed by atoms with van der Waals surface area (Å²) in [5.74, 6) is -0.199. The lowest BCUT2D eigenvalue weighted by Crippen LogP contribution is -2.38. The largest absolute Gasteiger partial charge is 0.480 e. The van der Waals surface area contributed by atoms with Gasteiger partial charge in [-0.25, -0.2) is 14.8 Å². The molecule has 0 amide bonds. The van der Waals surface area contributed by atoms with Gasteiger partial charge in [0.05, 0.1) is 0 Å². The molecule has 1 atom stereocenters. The first-order chi connectivity index (χ1) is 10.8. The summed E-state index contributed by atoms with van der Waals surface area (Å²) in [4.78, 5) is 44.5. The number of aliphatic carboxylic acids is 1. The summed E-state index contributed by atoms with van der Waals surface area (Å²) in [5.41, 5.74) is -0.717. The van der Waals surface area contributed by atoms with Crippen LogP contribution in [0.25, 0.3) is 11.0 Å². The molecule has 0 bridgehead atoms. The molecule has 1 aliphatic carbocycles. The molecule has 3 rings (SSSR count). The Morgan fingerprint density at radius 2 is 1.91 bits per heavy atom. The molecule has 1 fully saturated rings. The van der Waals surface area contributed by atoms with Crippen molar-refractivity contribution in [2.75, 3.05) is 0 Å². The molecule has 122 valence electrons. The number of nitrogens with zero attached hydrogens (tertiary/aromatic N) is 4. The second kappa shape index (κ2) is 5.48. The minimum atomic E-state index is -0.989. The number of aryl methyl sites for hydroxylation is 1. The number of carbonyl (C=O) groups is 1. The fourth-order valence-corrected chi connectivity index (χ4v) is 3.15. The van der Waals surface area contributed by atoms with Crippen LogP contribution in [0.3, 0.4) is 0 Å². The molecular formula is C14H16N4O4S. The average Bonchev–Trinajstić information content (AvgIpc) is 3.34. The Hall–Kier alpha value is -2.16. The van der Waals surface area contributed by atoms with Gasteiger partial charge in [-0.05, 0) is 19.8 Å². The van der Waals surface area contributed by atoms with Crippen molar-refractivity contribution in [1.82, 2.24) is 19.1 Å². The van der Waals surface area contributed by atoms with Crippen LogP contribution in [0.15, 0.2) is 14.6 Å². The molecule has 0 saturated heterocycles. The minimum absolute atomic E-state index is 0.192.